The SMILES string of the molecule is CCOC(=O)Cc1ccc([NH2+][O-])c(NC(=O)OC(C)(C)C)c1. The molecule has 0 atom stereocenters. The van der Waals surface area contributed by atoms with Gasteiger partial charge in [-0.2, -0.15) is 0 Å². The molecule has 7 nitrogen and oxygen atoms in total. The summed E-state index contributed by atoms with van der Waals surface area (Å²) in [4.78, 5) is 23.3. The van der Waals surface area contributed by atoms with Crippen molar-refractivity contribution in [3.63, 3.8) is 0 Å². The smallest absolute Gasteiger partial charge is 0.412 e. The van der Waals surface area contributed by atoms with Crippen molar-refractivity contribution < 1.29 is 24.5 Å². The average Bonchev–Trinajstić information content (AvgIpc) is 2.37. The van der Waals surface area contributed by atoms with E-state index in [0.717, 1.165) is 0 Å². The number of benzene rings is 1. The summed E-state index contributed by atoms with van der Waals surface area (Å²) in [5.74, 6) is -0.371. The Balaban J connectivity index is 2.87. The first-order chi connectivity index (χ1) is 10.2. The maximum atomic E-state index is 11.8. The minimum absolute atomic E-state index is 0.0655. The number of amides is 1. The van der Waals surface area contributed by atoms with Gasteiger partial charge in [-0.3, -0.25) is 10.1 Å². The Morgan fingerprint density at radius 3 is 2.55 bits per heavy atom. The second kappa shape index (κ2) is 7.77. The molecule has 1 aromatic carbocycles. The highest BCUT2D eigenvalue weighted by atomic mass is 16.6. The van der Waals surface area contributed by atoms with Gasteiger partial charge < -0.3 is 20.2 Å². The predicted molar refractivity (Wildman–Crippen MR) is 81.6 cm³/mol. The monoisotopic (exact) mass is 310 g/mol. The standard InChI is InChI=1S/C15H22N2O5/c1-5-21-13(18)9-10-6-7-11(17-20)12(8-10)16-14(19)22-15(2,3)4/h6-8H,5,9,17H2,1-4H3,(H,16,19). The summed E-state index contributed by atoms with van der Waals surface area (Å²) in [5.41, 5.74) is 1.22. The minimum Gasteiger partial charge on any atom is -0.630 e. The summed E-state index contributed by atoms with van der Waals surface area (Å²) >= 11 is 0. The lowest BCUT2D eigenvalue weighted by Gasteiger charge is -2.20. The van der Waals surface area contributed by atoms with E-state index in [1.807, 2.05) is 0 Å². The molecule has 0 saturated heterocycles. The summed E-state index contributed by atoms with van der Waals surface area (Å²) in [6.07, 6.45) is -0.598. The van der Waals surface area contributed by atoms with Crippen LogP contribution in [0, 0.1) is 5.21 Å². The molecule has 0 aliphatic rings. The normalized spacial score (nSPS) is 11.0. The number of esters is 1. The number of carbonyl (C=O) groups excluding carboxylic acids is 2. The molecule has 22 heavy (non-hydrogen) atoms. The Morgan fingerprint density at radius 1 is 1.32 bits per heavy atom. The van der Waals surface area contributed by atoms with Gasteiger partial charge in [-0.15, -0.1) is 0 Å². The van der Waals surface area contributed by atoms with Gasteiger partial charge in [0.25, 0.3) is 0 Å². The van der Waals surface area contributed by atoms with Crippen molar-refractivity contribution in [2.24, 2.45) is 0 Å². The molecule has 0 bridgehead atoms. The molecule has 7 heteroatoms. The lowest BCUT2D eigenvalue weighted by molar-refractivity contribution is -0.496. The fourth-order valence-electron chi connectivity index (χ4n) is 1.72. The maximum absolute atomic E-state index is 11.8. The van der Waals surface area contributed by atoms with E-state index < -0.39 is 11.7 Å². The predicted octanol–water partition coefficient (Wildman–Crippen LogP) is 1.83. The zero-order valence-electron chi connectivity index (χ0n) is 13.3. The van der Waals surface area contributed by atoms with Gasteiger partial charge in [-0.1, -0.05) is 6.07 Å². The fourth-order valence-corrected chi connectivity index (χ4v) is 1.72. The van der Waals surface area contributed by atoms with E-state index in [2.05, 4.69) is 5.32 Å². The molecule has 0 heterocycles. The highest BCUT2D eigenvalue weighted by Gasteiger charge is 2.18. The van der Waals surface area contributed by atoms with E-state index in [4.69, 9.17) is 9.47 Å². The Bertz CT molecular complexity index is 537. The number of anilines is 1. The Morgan fingerprint density at radius 2 is 2.00 bits per heavy atom. The largest absolute Gasteiger partial charge is 0.630 e. The quantitative estimate of drug-likeness (QED) is 0.490. The molecule has 3 N–H and O–H groups in total. The molecule has 1 amide bonds. The fraction of sp³-hybridized carbons (Fsp3) is 0.467. The highest BCUT2D eigenvalue weighted by Crippen LogP contribution is 2.21. The van der Waals surface area contributed by atoms with Crippen LogP contribution < -0.4 is 10.8 Å². The number of quaternary nitrogens is 1. The van der Waals surface area contributed by atoms with Gasteiger partial charge in [-0.25, -0.2) is 4.79 Å². The number of rotatable bonds is 5. The molecule has 0 fully saturated rings. The van der Waals surface area contributed by atoms with Gasteiger partial charge >= 0.3 is 12.1 Å². The van der Waals surface area contributed by atoms with E-state index in [1.54, 1.807) is 39.8 Å². The molecule has 1 rings (SSSR count). The Kier molecular flexibility index (Phi) is 6.33. The van der Waals surface area contributed by atoms with Crippen molar-refractivity contribution in [2.75, 3.05) is 11.9 Å². The molecule has 0 radical (unpaired) electrons. The third-order valence-corrected chi connectivity index (χ3v) is 2.53. The number of ether oxygens (including phenoxy) is 2. The van der Waals surface area contributed by atoms with Gasteiger partial charge in [0.15, 0.2) is 5.69 Å². The van der Waals surface area contributed by atoms with E-state index in [0.29, 0.717) is 29.0 Å². The number of nitrogens with two attached hydrogens (primary N) is 1. The Hall–Kier alpha value is -2.12. The highest BCUT2D eigenvalue weighted by molar-refractivity contribution is 5.88. The van der Waals surface area contributed by atoms with Crippen molar-refractivity contribution >= 4 is 23.4 Å². The first-order valence-corrected chi connectivity index (χ1v) is 6.99. The van der Waals surface area contributed by atoms with E-state index in [-0.39, 0.29) is 12.4 Å². The van der Waals surface area contributed by atoms with Crippen LogP contribution in [0.15, 0.2) is 18.2 Å². The van der Waals surface area contributed by atoms with Crippen molar-refractivity contribution in [1.82, 2.24) is 0 Å². The molecular formula is C15H22N2O5. The minimum atomic E-state index is -0.663. The molecule has 0 aliphatic heterocycles. The van der Waals surface area contributed by atoms with Gasteiger partial charge in [0.1, 0.15) is 11.3 Å². The van der Waals surface area contributed by atoms with Gasteiger partial charge in [-0.05, 0) is 39.3 Å². The van der Waals surface area contributed by atoms with Crippen LogP contribution in [0.25, 0.3) is 0 Å². The van der Waals surface area contributed by atoms with Crippen molar-refractivity contribution in [2.45, 2.75) is 39.7 Å². The first kappa shape index (κ1) is 17.9. The molecule has 1 aromatic rings. The lowest BCUT2D eigenvalue weighted by atomic mass is 10.1. The van der Waals surface area contributed by atoms with E-state index in [9.17, 15) is 14.8 Å². The van der Waals surface area contributed by atoms with Crippen molar-refractivity contribution in [3.8, 4) is 0 Å². The van der Waals surface area contributed by atoms with Gasteiger partial charge in [0.2, 0.25) is 0 Å². The van der Waals surface area contributed by atoms with Crippen LogP contribution in [0.4, 0.5) is 16.2 Å². The molecular weight excluding hydrogens is 288 g/mol. The van der Waals surface area contributed by atoms with Gasteiger partial charge in [0, 0.05) is 6.07 Å². The second-order valence-corrected chi connectivity index (χ2v) is 5.65. The van der Waals surface area contributed by atoms with Crippen LogP contribution in [0.3, 0.4) is 0 Å². The maximum Gasteiger partial charge on any atom is 0.412 e. The Labute approximate surface area is 129 Å². The number of hydrogen-bond acceptors (Lipinski definition) is 5. The van der Waals surface area contributed by atoms with E-state index in [1.165, 1.54) is 6.07 Å². The summed E-state index contributed by atoms with van der Waals surface area (Å²) in [7, 11) is 0. The third-order valence-electron chi connectivity index (χ3n) is 2.53. The molecule has 122 valence electrons. The van der Waals surface area contributed by atoms with Crippen molar-refractivity contribution in [1.29, 1.82) is 0 Å². The second-order valence-electron chi connectivity index (χ2n) is 5.65. The van der Waals surface area contributed by atoms with E-state index >= 15 is 0 Å². The van der Waals surface area contributed by atoms with Crippen LogP contribution in [-0.4, -0.2) is 24.3 Å². The van der Waals surface area contributed by atoms with Crippen LogP contribution in [-0.2, 0) is 20.7 Å². The zero-order valence-corrected chi connectivity index (χ0v) is 13.3. The molecule has 0 aliphatic carbocycles. The molecule has 0 unspecified atom stereocenters. The summed E-state index contributed by atoms with van der Waals surface area (Å²) in [5, 5.41) is 13.6. The van der Waals surface area contributed by atoms with Crippen LogP contribution >= 0.6 is 0 Å². The summed E-state index contributed by atoms with van der Waals surface area (Å²) < 4.78 is 10.0. The number of carbonyl (C=O) groups is 2. The molecule has 0 spiro atoms. The van der Waals surface area contributed by atoms with Crippen molar-refractivity contribution in [3.05, 3.63) is 29.0 Å². The summed E-state index contributed by atoms with van der Waals surface area (Å²) in [6, 6.07) is 4.74. The van der Waals surface area contributed by atoms with Gasteiger partial charge in [0.05, 0.1) is 13.0 Å². The molecule has 0 saturated carbocycles. The molecule has 0 aromatic heterocycles. The van der Waals surface area contributed by atoms with Crippen LogP contribution in [0.1, 0.15) is 33.3 Å². The third kappa shape index (κ3) is 6.11. The zero-order chi connectivity index (χ0) is 16.8. The number of hydrogen-bond donors (Lipinski definition) is 2. The first-order valence-electron chi connectivity index (χ1n) is 6.99. The number of nitrogens with one attached hydrogen (secondary N) is 1. The van der Waals surface area contributed by atoms with Crippen LogP contribution in [0.5, 0.6) is 0 Å². The average molecular weight is 310 g/mol. The summed E-state index contributed by atoms with van der Waals surface area (Å²) in [6.45, 7) is 7.25. The lowest BCUT2D eigenvalue weighted by Crippen LogP contribution is -2.70. The van der Waals surface area contributed by atoms with Crippen LogP contribution in [0.2, 0.25) is 0 Å². The topological polar surface area (TPSA) is 104 Å².